The average Bonchev–Trinajstić information content (AvgIpc) is 3.10. The molecule has 3 N–H and O–H groups in total. The lowest BCUT2D eigenvalue weighted by atomic mass is 9.62. The first kappa shape index (κ1) is 27.0. The van der Waals surface area contributed by atoms with Crippen LogP contribution in [0.25, 0.3) is 0 Å². The third kappa shape index (κ3) is 7.21. The van der Waals surface area contributed by atoms with E-state index in [9.17, 15) is 9.90 Å². The van der Waals surface area contributed by atoms with Crippen molar-refractivity contribution in [2.24, 2.45) is 17.3 Å². The lowest BCUT2D eigenvalue weighted by molar-refractivity contribution is 0.0610. The van der Waals surface area contributed by atoms with Gasteiger partial charge in [0.1, 0.15) is 6.10 Å². The molecule has 4 atom stereocenters. The van der Waals surface area contributed by atoms with Crippen molar-refractivity contribution in [1.29, 1.82) is 0 Å². The highest BCUT2D eigenvalue weighted by Crippen LogP contribution is 2.58. The second-order valence-corrected chi connectivity index (χ2v) is 11.7. The van der Waals surface area contributed by atoms with Crippen molar-refractivity contribution in [3.63, 3.8) is 0 Å². The predicted molar refractivity (Wildman–Crippen MR) is 137 cm³/mol. The zero-order chi connectivity index (χ0) is 24.8. The highest BCUT2D eigenvalue weighted by Gasteiger charge is 2.48. The summed E-state index contributed by atoms with van der Waals surface area (Å²) in [4.78, 5) is 12.0. The van der Waals surface area contributed by atoms with Crippen LogP contribution in [0.15, 0.2) is 35.5 Å². The molecule has 3 aliphatic rings. The standard InChI is InChI=1S/C29H47NO4/c1-21-10-14-25(34-27(32)30-18-7-19-31)20-23(21)12-11-22-8-5-17-29(4)24(13-15-26(22)29)9-6-16-28(2,3)33/h11-12,24-26,31,33H,1,5-10,13-20H2,2-4H3,(H,30,32)/b22-11+,23-12-/t24?,25-,26-,29+/m0/s1. The zero-order valence-electron chi connectivity index (χ0n) is 21.7. The SMILES string of the molecule is C=C1CC[C@H](OC(=O)NCCCO)C/C1=C/C=C1\CCC[C@]2(C)C(CCCC(C)(C)O)CC[C@@H]12. The van der Waals surface area contributed by atoms with Crippen molar-refractivity contribution in [2.45, 2.75) is 110 Å². The molecular formula is C29H47NO4. The van der Waals surface area contributed by atoms with Crippen LogP contribution in [0.5, 0.6) is 0 Å². The molecule has 1 unspecified atom stereocenters. The molecule has 0 saturated heterocycles. The van der Waals surface area contributed by atoms with Gasteiger partial charge in [-0.2, -0.15) is 0 Å². The van der Waals surface area contributed by atoms with Crippen molar-refractivity contribution in [2.75, 3.05) is 13.2 Å². The normalized spacial score (nSPS) is 32.1. The Balaban J connectivity index is 1.61. The summed E-state index contributed by atoms with van der Waals surface area (Å²) in [5.41, 5.74) is 3.77. The van der Waals surface area contributed by atoms with Crippen LogP contribution >= 0.6 is 0 Å². The van der Waals surface area contributed by atoms with Gasteiger partial charge in [0.25, 0.3) is 0 Å². The zero-order valence-corrected chi connectivity index (χ0v) is 21.7. The second-order valence-electron chi connectivity index (χ2n) is 11.7. The van der Waals surface area contributed by atoms with Crippen molar-refractivity contribution in [1.82, 2.24) is 5.32 Å². The van der Waals surface area contributed by atoms with E-state index in [1.807, 2.05) is 13.8 Å². The predicted octanol–water partition coefficient (Wildman–Crippen LogP) is 6.21. The van der Waals surface area contributed by atoms with E-state index in [1.165, 1.54) is 44.1 Å². The van der Waals surface area contributed by atoms with Crippen molar-refractivity contribution < 1.29 is 19.7 Å². The van der Waals surface area contributed by atoms with Crippen LogP contribution in [-0.4, -0.2) is 41.2 Å². The molecule has 34 heavy (non-hydrogen) atoms. The molecule has 0 spiro atoms. The fraction of sp³-hybridized carbons (Fsp3) is 0.759. The largest absolute Gasteiger partial charge is 0.446 e. The number of carbonyl (C=O) groups is 1. The molecule has 5 nitrogen and oxygen atoms in total. The van der Waals surface area contributed by atoms with Crippen molar-refractivity contribution in [3.8, 4) is 0 Å². The summed E-state index contributed by atoms with van der Waals surface area (Å²) in [6, 6.07) is 0. The van der Waals surface area contributed by atoms with Crippen LogP contribution in [0.4, 0.5) is 4.79 Å². The van der Waals surface area contributed by atoms with Gasteiger partial charge in [0.15, 0.2) is 0 Å². The highest BCUT2D eigenvalue weighted by atomic mass is 16.6. The molecule has 192 valence electrons. The first-order valence-corrected chi connectivity index (χ1v) is 13.5. The molecule has 5 heteroatoms. The molecule has 0 aromatic heterocycles. The van der Waals surface area contributed by atoms with Crippen LogP contribution in [0.3, 0.4) is 0 Å². The van der Waals surface area contributed by atoms with Crippen LogP contribution in [-0.2, 0) is 4.74 Å². The Hall–Kier alpha value is -1.59. The fourth-order valence-corrected chi connectivity index (χ4v) is 6.55. The van der Waals surface area contributed by atoms with Gasteiger partial charge in [0.05, 0.1) is 5.60 Å². The number of hydrogen-bond donors (Lipinski definition) is 3. The summed E-state index contributed by atoms with van der Waals surface area (Å²) in [5.74, 6) is 1.41. The summed E-state index contributed by atoms with van der Waals surface area (Å²) in [6.07, 6.45) is 16.6. The lowest BCUT2D eigenvalue weighted by Crippen LogP contribution is -2.33. The molecule has 0 heterocycles. The van der Waals surface area contributed by atoms with E-state index < -0.39 is 11.7 Å². The van der Waals surface area contributed by atoms with Gasteiger partial charge in [0.2, 0.25) is 0 Å². The highest BCUT2D eigenvalue weighted by molar-refractivity contribution is 5.67. The first-order valence-electron chi connectivity index (χ1n) is 13.5. The summed E-state index contributed by atoms with van der Waals surface area (Å²) in [6.45, 7) is 11.1. The van der Waals surface area contributed by atoms with E-state index in [2.05, 4.69) is 31.0 Å². The minimum atomic E-state index is -0.563. The quantitative estimate of drug-likeness (QED) is 0.348. The average molecular weight is 474 g/mol. The Morgan fingerprint density at radius 2 is 2.03 bits per heavy atom. The van der Waals surface area contributed by atoms with Gasteiger partial charge in [-0.25, -0.2) is 4.79 Å². The van der Waals surface area contributed by atoms with Crippen LogP contribution in [0.1, 0.15) is 97.8 Å². The number of fused-ring (bicyclic) bond motifs is 1. The minimum absolute atomic E-state index is 0.0622. The van der Waals surface area contributed by atoms with E-state index in [0.29, 0.717) is 24.3 Å². The number of hydrogen-bond acceptors (Lipinski definition) is 4. The van der Waals surface area contributed by atoms with Crippen LogP contribution < -0.4 is 5.32 Å². The number of alkyl carbamates (subject to hydrolysis) is 1. The molecule has 0 aliphatic heterocycles. The smallest absolute Gasteiger partial charge is 0.407 e. The maximum Gasteiger partial charge on any atom is 0.407 e. The maximum atomic E-state index is 12.0. The number of aliphatic hydroxyl groups is 2. The van der Waals surface area contributed by atoms with E-state index in [-0.39, 0.29) is 12.7 Å². The monoisotopic (exact) mass is 473 g/mol. The second kappa shape index (κ2) is 11.9. The Bertz CT molecular complexity index is 777. The van der Waals surface area contributed by atoms with Gasteiger partial charge in [-0.15, -0.1) is 0 Å². The number of rotatable bonds is 9. The number of allylic oxidation sites excluding steroid dienone is 4. The van der Waals surface area contributed by atoms with Gasteiger partial charge in [-0.3, -0.25) is 0 Å². The minimum Gasteiger partial charge on any atom is -0.446 e. The molecule has 3 fully saturated rings. The van der Waals surface area contributed by atoms with E-state index >= 15 is 0 Å². The summed E-state index contributed by atoms with van der Waals surface area (Å²) >= 11 is 0. The fourth-order valence-electron chi connectivity index (χ4n) is 6.55. The van der Waals surface area contributed by atoms with E-state index in [1.54, 1.807) is 5.57 Å². The Morgan fingerprint density at radius 3 is 2.76 bits per heavy atom. The molecule has 0 bridgehead atoms. The number of carbonyl (C=O) groups excluding carboxylic acids is 1. The number of nitrogens with one attached hydrogen (secondary N) is 1. The van der Waals surface area contributed by atoms with Crippen LogP contribution in [0, 0.1) is 17.3 Å². The molecule has 0 aromatic carbocycles. The lowest BCUT2D eigenvalue weighted by Gasteiger charge is -2.42. The number of ether oxygens (including phenoxy) is 1. The summed E-state index contributed by atoms with van der Waals surface area (Å²) in [5, 5.41) is 21.7. The third-order valence-corrected chi connectivity index (χ3v) is 8.55. The van der Waals surface area contributed by atoms with E-state index in [4.69, 9.17) is 9.84 Å². The van der Waals surface area contributed by atoms with Gasteiger partial charge in [-0.05, 0) is 101 Å². The number of aliphatic hydroxyl groups excluding tert-OH is 1. The first-order chi connectivity index (χ1) is 16.1. The van der Waals surface area contributed by atoms with E-state index in [0.717, 1.165) is 43.6 Å². The van der Waals surface area contributed by atoms with Crippen molar-refractivity contribution in [3.05, 3.63) is 35.5 Å². The van der Waals surface area contributed by atoms with Gasteiger partial charge >= 0.3 is 6.09 Å². The molecule has 3 rings (SSSR count). The van der Waals surface area contributed by atoms with Gasteiger partial charge in [-0.1, -0.05) is 43.2 Å². The molecule has 3 saturated carbocycles. The topological polar surface area (TPSA) is 78.8 Å². The molecule has 1 amide bonds. The molecule has 3 aliphatic carbocycles. The maximum absolute atomic E-state index is 12.0. The van der Waals surface area contributed by atoms with Gasteiger partial charge < -0.3 is 20.3 Å². The Labute approximate surface area is 206 Å². The molecule has 0 radical (unpaired) electrons. The Kier molecular flexibility index (Phi) is 9.45. The van der Waals surface area contributed by atoms with Crippen molar-refractivity contribution >= 4 is 6.09 Å². The molecular weight excluding hydrogens is 426 g/mol. The van der Waals surface area contributed by atoms with Gasteiger partial charge in [0, 0.05) is 19.6 Å². The third-order valence-electron chi connectivity index (χ3n) is 8.55. The summed E-state index contributed by atoms with van der Waals surface area (Å²) < 4.78 is 5.62. The van der Waals surface area contributed by atoms with Crippen LogP contribution in [0.2, 0.25) is 0 Å². The Morgan fingerprint density at radius 1 is 1.24 bits per heavy atom. The molecule has 0 aromatic rings. The summed E-state index contributed by atoms with van der Waals surface area (Å²) in [7, 11) is 0. The number of amides is 1.